The minimum absolute atomic E-state index is 0.171. The van der Waals surface area contributed by atoms with Crippen LogP contribution >= 0.6 is 11.6 Å². The molecule has 1 fully saturated rings. The van der Waals surface area contributed by atoms with Gasteiger partial charge in [0, 0.05) is 17.8 Å². The van der Waals surface area contributed by atoms with Crippen LogP contribution in [0.4, 0.5) is 0 Å². The second-order valence-corrected chi connectivity index (χ2v) is 8.40. The fraction of sp³-hybridized carbons (Fsp3) is 0.346. The van der Waals surface area contributed by atoms with Gasteiger partial charge in [-0.2, -0.15) is 0 Å². The third-order valence-corrected chi connectivity index (χ3v) is 6.01. The molecule has 1 aromatic heterocycles. The molecule has 4 rings (SSSR count). The number of halogens is 1. The highest BCUT2D eigenvalue weighted by atomic mass is 35.5. The van der Waals surface area contributed by atoms with Crippen molar-refractivity contribution in [2.45, 2.75) is 18.9 Å². The number of pyridine rings is 1. The largest absolute Gasteiger partial charge is 0.492 e. The first-order valence-corrected chi connectivity index (χ1v) is 11.3. The van der Waals surface area contributed by atoms with Gasteiger partial charge in [-0.1, -0.05) is 48.0 Å². The van der Waals surface area contributed by atoms with Gasteiger partial charge in [-0.15, -0.1) is 0 Å². The molecule has 0 bridgehead atoms. The molecule has 0 aliphatic carbocycles. The number of benzene rings is 2. The zero-order valence-electron chi connectivity index (χ0n) is 17.7. The van der Waals surface area contributed by atoms with Gasteiger partial charge in [0.25, 0.3) is 0 Å². The van der Waals surface area contributed by atoms with E-state index in [1.807, 2.05) is 79.0 Å². The molecule has 1 aliphatic heterocycles. The number of piperidine rings is 1. The summed E-state index contributed by atoms with van der Waals surface area (Å²) < 4.78 is 12.3. The van der Waals surface area contributed by atoms with Crippen molar-refractivity contribution in [2.75, 3.05) is 32.8 Å². The smallest absolute Gasteiger partial charge is 0.124 e. The third kappa shape index (κ3) is 6.54. The summed E-state index contributed by atoms with van der Waals surface area (Å²) in [7, 11) is 0. The van der Waals surface area contributed by atoms with E-state index in [9.17, 15) is 0 Å². The van der Waals surface area contributed by atoms with Crippen molar-refractivity contribution in [3.05, 3.63) is 95.3 Å². The zero-order chi connectivity index (χ0) is 21.3. The van der Waals surface area contributed by atoms with Crippen molar-refractivity contribution < 1.29 is 9.47 Å². The Balaban J connectivity index is 1.25. The van der Waals surface area contributed by atoms with Crippen molar-refractivity contribution >= 4 is 11.6 Å². The summed E-state index contributed by atoms with van der Waals surface area (Å²) in [6.45, 7) is 4.59. The van der Waals surface area contributed by atoms with Crippen molar-refractivity contribution in [3.63, 3.8) is 0 Å². The molecular formula is C26H29ClN2O2. The second kappa shape index (κ2) is 11.3. The predicted octanol–water partition coefficient (Wildman–Crippen LogP) is 5.63. The predicted molar refractivity (Wildman–Crippen MR) is 125 cm³/mol. The van der Waals surface area contributed by atoms with Crippen molar-refractivity contribution in [2.24, 2.45) is 5.92 Å². The van der Waals surface area contributed by atoms with Gasteiger partial charge in [-0.25, -0.2) is 0 Å². The molecule has 0 spiro atoms. The van der Waals surface area contributed by atoms with E-state index in [4.69, 9.17) is 21.1 Å². The summed E-state index contributed by atoms with van der Waals surface area (Å²) in [4.78, 5) is 7.01. The average molecular weight is 437 g/mol. The molecule has 0 N–H and O–H groups in total. The monoisotopic (exact) mass is 436 g/mol. The lowest BCUT2D eigenvalue weighted by Gasteiger charge is -2.32. The molecule has 1 saturated heterocycles. The maximum atomic E-state index is 6.42. The van der Waals surface area contributed by atoms with Crippen LogP contribution in [0.1, 0.15) is 30.2 Å². The minimum atomic E-state index is -0.171. The highest BCUT2D eigenvalue weighted by molar-refractivity contribution is 6.30. The van der Waals surface area contributed by atoms with E-state index in [1.54, 1.807) is 0 Å². The number of rotatable bonds is 9. The summed E-state index contributed by atoms with van der Waals surface area (Å²) in [6.07, 6.45) is 3.93. The molecule has 5 heteroatoms. The van der Waals surface area contributed by atoms with E-state index >= 15 is 0 Å². The normalized spacial score (nSPS) is 16.2. The number of hydrogen-bond acceptors (Lipinski definition) is 4. The molecule has 2 aromatic carbocycles. The van der Waals surface area contributed by atoms with Crippen LogP contribution in [-0.4, -0.2) is 42.7 Å². The molecule has 0 radical (unpaired) electrons. The van der Waals surface area contributed by atoms with Gasteiger partial charge in [-0.05, 0) is 73.8 Å². The van der Waals surface area contributed by atoms with Gasteiger partial charge in [0.1, 0.15) is 18.5 Å². The maximum Gasteiger partial charge on any atom is 0.124 e. The molecule has 1 aliphatic rings. The number of hydrogen-bond donors (Lipinski definition) is 0. The van der Waals surface area contributed by atoms with Gasteiger partial charge in [-0.3, -0.25) is 9.88 Å². The van der Waals surface area contributed by atoms with Gasteiger partial charge in [0.15, 0.2) is 0 Å². The number of nitrogens with zero attached hydrogens (tertiary/aromatic N) is 2. The van der Waals surface area contributed by atoms with E-state index in [0.29, 0.717) is 5.92 Å². The Morgan fingerprint density at radius 2 is 1.68 bits per heavy atom. The Hall–Kier alpha value is -2.40. The highest BCUT2D eigenvalue weighted by Crippen LogP contribution is 2.28. The fourth-order valence-electron chi connectivity index (χ4n) is 3.94. The van der Waals surface area contributed by atoms with Crippen molar-refractivity contribution in [1.29, 1.82) is 0 Å². The SMILES string of the molecule is Clc1ccc([C@H](OCC2CCN(CCOc3ccccc3)CC2)c2ccccn2)cc1. The molecule has 31 heavy (non-hydrogen) atoms. The molecule has 162 valence electrons. The van der Waals surface area contributed by atoms with Gasteiger partial charge >= 0.3 is 0 Å². The summed E-state index contributed by atoms with van der Waals surface area (Å²) in [5.41, 5.74) is 2.01. The lowest BCUT2D eigenvalue weighted by Crippen LogP contribution is -2.37. The van der Waals surface area contributed by atoms with Crippen LogP contribution in [0.3, 0.4) is 0 Å². The minimum Gasteiger partial charge on any atom is -0.492 e. The van der Waals surface area contributed by atoms with E-state index in [1.165, 1.54) is 0 Å². The van der Waals surface area contributed by atoms with Crippen LogP contribution in [0.15, 0.2) is 79.0 Å². The van der Waals surface area contributed by atoms with Crippen LogP contribution in [0.2, 0.25) is 5.02 Å². The Morgan fingerprint density at radius 1 is 0.935 bits per heavy atom. The molecule has 1 atom stereocenters. The summed E-state index contributed by atoms with van der Waals surface area (Å²) in [5.74, 6) is 1.50. The Bertz CT molecular complexity index is 898. The molecule has 0 amide bonds. The Labute approximate surface area is 189 Å². The zero-order valence-corrected chi connectivity index (χ0v) is 18.5. The fourth-order valence-corrected chi connectivity index (χ4v) is 4.07. The first kappa shape index (κ1) is 21.8. The quantitative estimate of drug-likeness (QED) is 0.435. The lowest BCUT2D eigenvalue weighted by atomic mass is 9.97. The van der Waals surface area contributed by atoms with E-state index in [2.05, 4.69) is 9.88 Å². The number of likely N-dealkylation sites (tertiary alicyclic amines) is 1. The van der Waals surface area contributed by atoms with E-state index < -0.39 is 0 Å². The third-order valence-electron chi connectivity index (χ3n) is 5.75. The van der Waals surface area contributed by atoms with E-state index in [0.717, 1.165) is 67.7 Å². The van der Waals surface area contributed by atoms with Crippen LogP contribution in [0.5, 0.6) is 5.75 Å². The average Bonchev–Trinajstić information content (AvgIpc) is 2.83. The standard InChI is InChI=1S/C26H29ClN2O2/c27-23-11-9-22(10-12-23)26(25-8-4-5-15-28-25)31-20-21-13-16-29(17-14-21)18-19-30-24-6-2-1-3-7-24/h1-12,15,21,26H,13-14,16-20H2/t26-/m0/s1. The highest BCUT2D eigenvalue weighted by Gasteiger charge is 2.22. The summed E-state index contributed by atoms with van der Waals surface area (Å²) >= 11 is 6.08. The van der Waals surface area contributed by atoms with Gasteiger partial charge in [0.2, 0.25) is 0 Å². The number of para-hydroxylation sites is 1. The maximum absolute atomic E-state index is 6.42. The first-order valence-electron chi connectivity index (χ1n) is 11.0. The second-order valence-electron chi connectivity index (χ2n) is 7.97. The first-order chi connectivity index (χ1) is 15.3. The van der Waals surface area contributed by atoms with Crippen LogP contribution < -0.4 is 4.74 Å². The molecule has 4 nitrogen and oxygen atoms in total. The van der Waals surface area contributed by atoms with Gasteiger partial charge in [0.05, 0.1) is 12.3 Å². The molecule has 3 aromatic rings. The van der Waals surface area contributed by atoms with Crippen molar-refractivity contribution in [3.8, 4) is 5.75 Å². The summed E-state index contributed by atoms with van der Waals surface area (Å²) in [5, 5.41) is 0.729. The number of ether oxygens (including phenoxy) is 2. The Kier molecular flexibility index (Phi) is 7.94. The van der Waals surface area contributed by atoms with Crippen LogP contribution in [0.25, 0.3) is 0 Å². The number of aromatic nitrogens is 1. The lowest BCUT2D eigenvalue weighted by molar-refractivity contribution is 0.0277. The van der Waals surface area contributed by atoms with Crippen LogP contribution in [0, 0.1) is 5.92 Å². The molecule has 0 unspecified atom stereocenters. The molecule has 0 saturated carbocycles. The topological polar surface area (TPSA) is 34.6 Å². The Morgan fingerprint density at radius 3 is 2.39 bits per heavy atom. The molecule has 2 heterocycles. The summed E-state index contributed by atoms with van der Waals surface area (Å²) in [6, 6.07) is 23.8. The molecular weight excluding hydrogens is 408 g/mol. The van der Waals surface area contributed by atoms with Gasteiger partial charge < -0.3 is 9.47 Å². The van der Waals surface area contributed by atoms with Crippen molar-refractivity contribution in [1.82, 2.24) is 9.88 Å². The van der Waals surface area contributed by atoms with E-state index in [-0.39, 0.29) is 6.10 Å². The van der Waals surface area contributed by atoms with Crippen LogP contribution in [-0.2, 0) is 4.74 Å².